The third-order valence-electron chi connectivity index (χ3n) is 5.38. The number of ether oxygens (including phenoxy) is 2. The summed E-state index contributed by atoms with van der Waals surface area (Å²) in [6.45, 7) is 4.81. The van der Waals surface area contributed by atoms with E-state index in [1.807, 2.05) is 0 Å². The van der Waals surface area contributed by atoms with Gasteiger partial charge in [-0.05, 0) is 31.6 Å². The number of hydrogen-bond donors (Lipinski definition) is 0. The Balaban J connectivity index is 1.64. The third kappa shape index (κ3) is 3.70. The van der Waals surface area contributed by atoms with Crippen LogP contribution in [0.5, 0.6) is 5.88 Å². The van der Waals surface area contributed by atoms with Crippen LogP contribution in [0.1, 0.15) is 26.2 Å². The van der Waals surface area contributed by atoms with Crippen molar-refractivity contribution in [3.8, 4) is 5.88 Å². The molecule has 1 atom stereocenters. The van der Waals surface area contributed by atoms with Crippen molar-refractivity contribution in [2.45, 2.75) is 26.2 Å². The van der Waals surface area contributed by atoms with E-state index in [9.17, 15) is 8.42 Å². The molecule has 0 amide bonds. The topological polar surface area (TPSA) is 81.6 Å². The molecule has 1 spiro atoms. The first-order valence-corrected chi connectivity index (χ1v) is 10.1. The predicted molar refractivity (Wildman–Crippen MR) is 89.2 cm³/mol. The van der Waals surface area contributed by atoms with Crippen LogP contribution in [0.15, 0.2) is 18.6 Å². The van der Waals surface area contributed by atoms with E-state index in [-0.39, 0.29) is 17.1 Å². The summed E-state index contributed by atoms with van der Waals surface area (Å²) in [5.41, 5.74) is 0.0974. The molecule has 1 aromatic heterocycles. The highest BCUT2D eigenvalue weighted by Crippen LogP contribution is 2.45. The monoisotopic (exact) mass is 355 g/mol. The van der Waals surface area contributed by atoms with Gasteiger partial charge in [0.25, 0.3) is 0 Å². The van der Waals surface area contributed by atoms with Gasteiger partial charge in [-0.3, -0.25) is 4.98 Å². The fourth-order valence-corrected chi connectivity index (χ4v) is 4.81. The number of sulfonamides is 1. The maximum absolute atomic E-state index is 12.1. The quantitative estimate of drug-likeness (QED) is 0.792. The molecule has 1 aromatic rings. The molecule has 0 aromatic carbocycles. The van der Waals surface area contributed by atoms with Gasteiger partial charge in [0.15, 0.2) is 0 Å². The molecule has 0 aliphatic carbocycles. The third-order valence-corrected chi connectivity index (χ3v) is 7.26. The standard InChI is InChI=1S/C16H25N3O4S/c1-2-24(20,21)19-8-3-16(4-9-19)5-10-22-12-14(16)13-23-15-11-17-6-7-18-15/h6-7,11,14H,2-5,8-10,12-13H2,1H3/t14-/m1/s1. The van der Waals surface area contributed by atoms with Gasteiger partial charge in [0.05, 0.1) is 25.2 Å². The van der Waals surface area contributed by atoms with Crippen molar-refractivity contribution in [3.63, 3.8) is 0 Å². The molecule has 2 saturated heterocycles. The van der Waals surface area contributed by atoms with Crippen molar-refractivity contribution in [1.29, 1.82) is 0 Å². The second-order valence-electron chi connectivity index (χ2n) is 6.54. The van der Waals surface area contributed by atoms with E-state index >= 15 is 0 Å². The van der Waals surface area contributed by atoms with Crippen LogP contribution in [-0.2, 0) is 14.8 Å². The Morgan fingerprint density at radius 3 is 2.79 bits per heavy atom. The average Bonchev–Trinajstić information content (AvgIpc) is 2.62. The zero-order chi connectivity index (χ0) is 17.0. The molecule has 134 valence electrons. The van der Waals surface area contributed by atoms with Crippen LogP contribution in [0.4, 0.5) is 0 Å². The van der Waals surface area contributed by atoms with Gasteiger partial charge >= 0.3 is 0 Å². The summed E-state index contributed by atoms with van der Waals surface area (Å²) in [7, 11) is -3.10. The van der Waals surface area contributed by atoms with E-state index in [1.54, 1.807) is 29.8 Å². The van der Waals surface area contributed by atoms with E-state index < -0.39 is 10.0 Å². The molecule has 24 heavy (non-hydrogen) atoms. The maximum atomic E-state index is 12.1. The zero-order valence-electron chi connectivity index (χ0n) is 14.1. The number of nitrogens with zero attached hydrogens (tertiary/aromatic N) is 3. The molecule has 0 radical (unpaired) electrons. The summed E-state index contributed by atoms with van der Waals surface area (Å²) in [5.74, 6) is 0.937. The van der Waals surface area contributed by atoms with Gasteiger partial charge in [-0.1, -0.05) is 0 Å². The Kier molecular flexibility index (Phi) is 5.36. The van der Waals surface area contributed by atoms with E-state index in [2.05, 4.69) is 9.97 Å². The first kappa shape index (κ1) is 17.6. The van der Waals surface area contributed by atoms with Gasteiger partial charge in [-0.15, -0.1) is 0 Å². The molecule has 0 unspecified atom stereocenters. The highest BCUT2D eigenvalue weighted by molar-refractivity contribution is 7.89. The van der Waals surface area contributed by atoms with Gasteiger partial charge in [-0.25, -0.2) is 17.7 Å². The lowest BCUT2D eigenvalue weighted by molar-refractivity contribution is -0.0791. The summed E-state index contributed by atoms with van der Waals surface area (Å²) in [5, 5.41) is 0. The van der Waals surface area contributed by atoms with Crippen LogP contribution < -0.4 is 4.74 Å². The van der Waals surface area contributed by atoms with Crippen molar-refractivity contribution in [3.05, 3.63) is 18.6 Å². The second kappa shape index (κ2) is 7.33. The van der Waals surface area contributed by atoms with E-state index in [1.165, 1.54) is 0 Å². The number of hydrogen-bond acceptors (Lipinski definition) is 6. The summed E-state index contributed by atoms with van der Waals surface area (Å²) < 4.78 is 37.3. The molecule has 0 bridgehead atoms. The molecule has 0 N–H and O–H groups in total. The highest BCUT2D eigenvalue weighted by Gasteiger charge is 2.45. The largest absolute Gasteiger partial charge is 0.476 e. The first-order chi connectivity index (χ1) is 11.6. The normalized spacial score (nSPS) is 24.8. The van der Waals surface area contributed by atoms with E-state index in [0.29, 0.717) is 32.2 Å². The fraction of sp³-hybridized carbons (Fsp3) is 0.750. The SMILES string of the molecule is CCS(=O)(=O)N1CCC2(CCOC[C@@H]2COc2cnccn2)CC1. The fourth-order valence-electron chi connectivity index (χ4n) is 3.70. The van der Waals surface area contributed by atoms with Gasteiger partial charge in [0.2, 0.25) is 15.9 Å². The minimum absolute atomic E-state index is 0.0974. The molecule has 0 saturated carbocycles. The predicted octanol–water partition coefficient (Wildman–Crippen LogP) is 1.32. The number of aromatic nitrogens is 2. The first-order valence-electron chi connectivity index (χ1n) is 8.50. The minimum Gasteiger partial charge on any atom is -0.476 e. The van der Waals surface area contributed by atoms with Crippen molar-refractivity contribution in [1.82, 2.24) is 14.3 Å². The zero-order valence-corrected chi connectivity index (χ0v) is 14.9. The van der Waals surface area contributed by atoms with Crippen molar-refractivity contribution >= 4 is 10.0 Å². The van der Waals surface area contributed by atoms with Crippen molar-refractivity contribution in [2.24, 2.45) is 11.3 Å². The van der Waals surface area contributed by atoms with Gasteiger partial charge in [-0.2, -0.15) is 0 Å². The maximum Gasteiger partial charge on any atom is 0.232 e. The van der Waals surface area contributed by atoms with Gasteiger partial charge in [0.1, 0.15) is 0 Å². The summed E-state index contributed by atoms with van der Waals surface area (Å²) >= 11 is 0. The molecular weight excluding hydrogens is 330 g/mol. The Morgan fingerprint density at radius 1 is 1.33 bits per heavy atom. The summed E-state index contributed by atoms with van der Waals surface area (Å²) in [6.07, 6.45) is 7.51. The molecule has 2 aliphatic rings. The van der Waals surface area contributed by atoms with Gasteiger partial charge in [0, 0.05) is 38.0 Å². The summed E-state index contributed by atoms with van der Waals surface area (Å²) in [6, 6.07) is 0. The Hall–Kier alpha value is -1.25. The summed E-state index contributed by atoms with van der Waals surface area (Å²) in [4.78, 5) is 8.15. The van der Waals surface area contributed by atoms with Crippen LogP contribution in [0, 0.1) is 11.3 Å². The van der Waals surface area contributed by atoms with E-state index in [0.717, 1.165) is 25.9 Å². The van der Waals surface area contributed by atoms with Crippen molar-refractivity contribution in [2.75, 3.05) is 38.7 Å². The lowest BCUT2D eigenvalue weighted by Crippen LogP contribution is -2.51. The molecule has 7 nitrogen and oxygen atoms in total. The number of rotatable bonds is 5. The molecule has 8 heteroatoms. The molecule has 2 aliphatic heterocycles. The molecule has 2 fully saturated rings. The smallest absolute Gasteiger partial charge is 0.232 e. The van der Waals surface area contributed by atoms with Crippen LogP contribution >= 0.6 is 0 Å². The Labute approximate surface area is 143 Å². The number of piperidine rings is 1. The minimum atomic E-state index is -3.10. The molecule has 3 rings (SSSR count). The van der Waals surface area contributed by atoms with Crippen LogP contribution in [0.3, 0.4) is 0 Å². The highest BCUT2D eigenvalue weighted by atomic mass is 32.2. The van der Waals surface area contributed by atoms with Crippen LogP contribution in [0.25, 0.3) is 0 Å². The van der Waals surface area contributed by atoms with Crippen LogP contribution in [-0.4, -0.2) is 61.4 Å². The van der Waals surface area contributed by atoms with Gasteiger partial charge < -0.3 is 9.47 Å². The lowest BCUT2D eigenvalue weighted by atomic mass is 9.66. The Bertz CT molecular complexity index is 630. The van der Waals surface area contributed by atoms with E-state index in [4.69, 9.17) is 9.47 Å². The Morgan fingerprint density at radius 2 is 2.12 bits per heavy atom. The molecule has 3 heterocycles. The van der Waals surface area contributed by atoms with Crippen LogP contribution in [0.2, 0.25) is 0 Å². The lowest BCUT2D eigenvalue weighted by Gasteiger charge is -2.48. The average molecular weight is 355 g/mol. The second-order valence-corrected chi connectivity index (χ2v) is 8.80. The van der Waals surface area contributed by atoms with Crippen molar-refractivity contribution < 1.29 is 17.9 Å². The molecular formula is C16H25N3O4S.